The van der Waals surface area contributed by atoms with Crippen LogP contribution in [0.1, 0.15) is 16.2 Å². The second kappa shape index (κ2) is 9.15. The van der Waals surface area contributed by atoms with Gasteiger partial charge >= 0.3 is 6.03 Å². The minimum atomic E-state index is -0.368. The summed E-state index contributed by atoms with van der Waals surface area (Å²) in [4.78, 5) is 31.1. The van der Waals surface area contributed by atoms with Gasteiger partial charge in [-0.25, -0.2) is 9.78 Å². The van der Waals surface area contributed by atoms with E-state index in [1.807, 2.05) is 0 Å². The van der Waals surface area contributed by atoms with E-state index in [0.717, 1.165) is 0 Å². The molecule has 0 unspecified atom stereocenters. The van der Waals surface area contributed by atoms with Crippen LogP contribution in [0.3, 0.4) is 0 Å². The number of hydrogen-bond acceptors (Lipinski definition) is 4. The molecule has 0 aliphatic rings. The molecule has 0 spiro atoms. The van der Waals surface area contributed by atoms with Gasteiger partial charge in [0.2, 0.25) is 5.78 Å². The fraction of sp³-hybridized carbons (Fsp3) is 0. The van der Waals surface area contributed by atoms with Gasteiger partial charge < -0.3 is 20.4 Å². The van der Waals surface area contributed by atoms with Crippen LogP contribution in [0.25, 0.3) is 0 Å². The number of carbonyl (C=O) groups is 2. The monoisotopic (exact) mass is 432 g/mol. The second-order valence-corrected chi connectivity index (χ2v) is 6.94. The molecule has 0 aliphatic carbocycles. The highest BCUT2D eigenvalue weighted by molar-refractivity contribution is 6.30. The van der Waals surface area contributed by atoms with Crippen molar-refractivity contribution in [1.29, 1.82) is 0 Å². The van der Waals surface area contributed by atoms with Crippen molar-refractivity contribution < 1.29 is 14.3 Å². The van der Waals surface area contributed by atoms with Crippen molar-refractivity contribution in [2.24, 2.45) is 0 Å². The van der Waals surface area contributed by atoms with E-state index in [0.29, 0.717) is 33.5 Å². The molecular formula is C23H17ClN4O3. The van der Waals surface area contributed by atoms with E-state index in [4.69, 9.17) is 16.3 Å². The molecule has 0 fully saturated rings. The van der Waals surface area contributed by atoms with Crippen molar-refractivity contribution in [3.63, 3.8) is 0 Å². The standard InChI is InChI=1S/C23H17ClN4O3/c24-16-3-5-17(6-4-16)27-23(30)28-18-7-11-20(12-8-18)31-19-9-1-15(2-10-19)21(29)22-25-13-14-26-22/h1-14H,(H,25,26)(H2,27,28,30). The third kappa shape index (κ3) is 5.29. The predicted molar refractivity (Wildman–Crippen MR) is 119 cm³/mol. The fourth-order valence-electron chi connectivity index (χ4n) is 2.77. The van der Waals surface area contributed by atoms with Gasteiger partial charge in [-0.2, -0.15) is 0 Å². The Morgan fingerprint density at radius 3 is 1.90 bits per heavy atom. The minimum absolute atomic E-state index is 0.191. The topological polar surface area (TPSA) is 96.1 Å². The molecule has 154 valence electrons. The number of hydrogen-bond donors (Lipinski definition) is 3. The smallest absolute Gasteiger partial charge is 0.323 e. The summed E-state index contributed by atoms with van der Waals surface area (Å²) in [6, 6.07) is 20.2. The van der Waals surface area contributed by atoms with Crippen LogP contribution < -0.4 is 15.4 Å². The molecule has 0 radical (unpaired) electrons. The molecule has 3 aromatic carbocycles. The zero-order chi connectivity index (χ0) is 21.6. The van der Waals surface area contributed by atoms with Gasteiger partial charge in [0.25, 0.3) is 0 Å². The van der Waals surface area contributed by atoms with Gasteiger partial charge in [-0.3, -0.25) is 4.79 Å². The Labute approximate surface area is 183 Å². The number of carbonyl (C=O) groups excluding carboxylic acids is 2. The van der Waals surface area contributed by atoms with E-state index in [2.05, 4.69) is 20.6 Å². The largest absolute Gasteiger partial charge is 0.457 e. The number of nitrogens with one attached hydrogen (secondary N) is 3. The average molecular weight is 433 g/mol. The number of ether oxygens (including phenoxy) is 1. The maximum absolute atomic E-state index is 12.3. The summed E-state index contributed by atoms with van der Waals surface area (Å²) >= 11 is 5.83. The molecule has 31 heavy (non-hydrogen) atoms. The number of ketones is 1. The summed E-state index contributed by atoms with van der Waals surface area (Å²) in [7, 11) is 0. The third-order valence-corrected chi connectivity index (χ3v) is 4.53. The Morgan fingerprint density at radius 1 is 0.806 bits per heavy atom. The Hall–Kier alpha value is -4.10. The molecule has 1 aromatic heterocycles. The number of nitrogens with zero attached hydrogens (tertiary/aromatic N) is 1. The van der Waals surface area contributed by atoms with E-state index in [1.54, 1.807) is 79.0 Å². The Kier molecular flexibility index (Phi) is 5.96. The molecule has 4 rings (SSSR count). The molecule has 0 saturated carbocycles. The number of aromatic nitrogens is 2. The Bertz CT molecular complexity index is 1170. The van der Waals surface area contributed by atoms with Crippen molar-refractivity contribution in [2.75, 3.05) is 10.6 Å². The number of halogens is 1. The van der Waals surface area contributed by atoms with Crippen molar-refractivity contribution >= 4 is 34.8 Å². The lowest BCUT2D eigenvalue weighted by Crippen LogP contribution is -2.19. The van der Waals surface area contributed by atoms with Crippen LogP contribution in [0, 0.1) is 0 Å². The maximum Gasteiger partial charge on any atom is 0.323 e. The van der Waals surface area contributed by atoms with Crippen molar-refractivity contribution in [3.8, 4) is 11.5 Å². The molecule has 0 bridgehead atoms. The summed E-state index contributed by atoms with van der Waals surface area (Å²) in [5.74, 6) is 1.27. The molecule has 8 heteroatoms. The first-order valence-corrected chi connectivity index (χ1v) is 9.70. The quantitative estimate of drug-likeness (QED) is 0.339. The van der Waals surface area contributed by atoms with Crippen molar-refractivity contribution in [2.45, 2.75) is 0 Å². The van der Waals surface area contributed by atoms with Crippen LogP contribution in [0.15, 0.2) is 85.2 Å². The fourth-order valence-corrected chi connectivity index (χ4v) is 2.90. The van der Waals surface area contributed by atoms with E-state index < -0.39 is 0 Å². The van der Waals surface area contributed by atoms with Crippen LogP contribution in [0.2, 0.25) is 5.02 Å². The lowest BCUT2D eigenvalue weighted by atomic mass is 10.1. The third-order valence-electron chi connectivity index (χ3n) is 4.28. The van der Waals surface area contributed by atoms with Crippen LogP contribution >= 0.6 is 11.6 Å². The van der Waals surface area contributed by atoms with E-state index in [9.17, 15) is 9.59 Å². The summed E-state index contributed by atoms with van der Waals surface area (Å²) < 4.78 is 5.80. The average Bonchev–Trinajstić information content (AvgIpc) is 3.32. The highest BCUT2D eigenvalue weighted by atomic mass is 35.5. The van der Waals surface area contributed by atoms with Gasteiger partial charge in [-0.15, -0.1) is 0 Å². The zero-order valence-corrected chi connectivity index (χ0v) is 16.9. The number of amides is 2. The lowest BCUT2D eigenvalue weighted by molar-refractivity contribution is 0.103. The number of benzene rings is 3. The highest BCUT2D eigenvalue weighted by Gasteiger charge is 2.11. The second-order valence-electron chi connectivity index (χ2n) is 6.50. The van der Waals surface area contributed by atoms with Gasteiger partial charge in [0.1, 0.15) is 11.5 Å². The molecule has 0 aliphatic heterocycles. The first-order chi connectivity index (χ1) is 15.1. The summed E-state index contributed by atoms with van der Waals surface area (Å²) in [6.07, 6.45) is 3.13. The van der Waals surface area contributed by atoms with Crippen LogP contribution in [0.4, 0.5) is 16.2 Å². The minimum Gasteiger partial charge on any atom is -0.457 e. The molecular weight excluding hydrogens is 416 g/mol. The summed E-state index contributed by atoms with van der Waals surface area (Å²) in [5, 5.41) is 6.06. The zero-order valence-electron chi connectivity index (χ0n) is 16.1. The van der Waals surface area contributed by atoms with Gasteiger partial charge in [-0.05, 0) is 72.8 Å². The molecule has 2 amide bonds. The number of rotatable bonds is 6. The van der Waals surface area contributed by atoms with Gasteiger partial charge in [0.05, 0.1) is 0 Å². The maximum atomic E-state index is 12.3. The molecule has 1 heterocycles. The number of H-pyrrole nitrogens is 1. The van der Waals surface area contributed by atoms with E-state index in [-0.39, 0.29) is 17.6 Å². The molecule has 7 nitrogen and oxygen atoms in total. The first-order valence-electron chi connectivity index (χ1n) is 9.32. The summed E-state index contributed by atoms with van der Waals surface area (Å²) in [6.45, 7) is 0. The number of urea groups is 1. The van der Waals surface area contributed by atoms with Crippen LogP contribution in [-0.2, 0) is 0 Å². The summed E-state index contributed by atoms with van der Waals surface area (Å²) in [5.41, 5.74) is 1.75. The number of anilines is 2. The molecule has 0 atom stereocenters. The lowest BCUT2D eigenvalue weighted by Gasteiger charge is -2.09. The normalized spacial score (nSPS) is 10.4. The number of aromatic amines is 1. The molecule has 3 N–H and O–H groups in total. The van der Waals surface area contributed by atoms with Crippen LogP contribution in [0.5, 0.6) is 11.5 Å². The molecule has 4 aromatic rings. The van der Waals surface area contributed by atoms with Crippen molar-refractivity contribution in [1.82, 2.24) is 9.97 Å². The van der Waals surface area contributed by atoms with E-state index in [1.165, 1.54) is 6.20 Å². The molecule has 0 saturated heterocycles. The predicted octanol–water partition coefficient (Wildman–Crippen LogP) is 5.73. The van der Waals surface area contributed by atoms with Crippen molar-refractivity contribution in [3.05, 3.63) is 102 Å². The number of imidazole rings is 1. The highest BCUT2D eigenvalue weighted by Crippen LogP contribution is 2.24. The van der Waals surface area contributed by atoms with E-state index >= 15 is 0 Å². The SMILES string of the molecule is O=C(Nc1ccc(Cl)cc1)Nc1ccc(Oc2ccc(C(=O)c3ncc[nH]3)cc2)cc1. The Morgan fingerprint density at radius 2 is 1.35 bits per heavy atom. The van der Waals surface area contributed by atoms with Gasteiger partial charge in [0, 0.05) is 34.4 Å². The first kappa shape index (κ1) is 20.2. The Balaban J connectivity index is 1.33. The van der Waals surface area contributed by atoms with Gasteiger partial charge in [0.15, 0.2) is 5.82 Å². The van der Waals surface area contributed by atoms with Crippen LogP contribution in [-0.4, -0.2) is 21.8 Å². The van der Waals surface area contributed by atoms with Gasteiger partial charge in [-0.1, -0.05) is 11.6 Å².